The first kappa shape index (κ1) is 13.8. The molecule has 0 amide bonds. The largest absolute Gasteiger partial charge is 0.392 e. The molecule has 2 heteroatoms. The number of rotatable bonds is 5. The molecule has 0 aliphatic heterocycles. The normalized spacial score (nSPS) is 10.7. The average molecular weight is 255 g/mol. The van der Waals surface area contributed by atoms with Crippen LogP contribution < -0.4 is 5.32 Å². The highest BCUT2D eigenvalue weighted by Crippen LogP contribution is 2.12. The average Bonchev–Trinajstić information content (AvgIpc) is 2.42. The zero-order valence-electron chi connectivity index (χ0n) is 11.6. The molecule has 2 N–H and O–H groups in total. The van der Waals surface area contributed by atoms with Gasteiger partial charge in [0.05, 0.1) is 6.61 Å². The summed E-state index contributed by atoms with van der Waals surface area (Å²) >= 11 is 0. The summed E-state index contributed by atoms with van der Waals surface area (Å²) in [4.78, 5) is 0. The number of nitrogens with one attached hydrogen (secondary N) is 1. The summed E-state index contributed by atoms with van der Waals surface area (Å²) in [6.45, 7) is 5.99. The Balaban J connectivity index is 1.96. The van der Waals surface area contributed by atoms with Gasteiger partial charge in [0.1, 0.15) is 0 Å². The predicted molar refractivity (Wildman–Crippen MR) is 78.8 cm³/mol. The lowest BCUT2D eigenvalue weighted by Gasteiger charge is -2.11. The van der Waals surface area contributed by atoms with Crippen LogP contribution in [0.5, 0.6) is 0 Å². The third-order valence-corrected chi connectivity index (χ3v) is 3.42. The maximum absolute atomic E-state index is 9.28. The van der Waals surface area contributed by atoms with E-state index in [0.717, 1.165) is 24.2 Å². The molecule has 2 nitrogen and oxygen atoms in total. The fraction of sp³-hybridized carbons (Fsp3) is 0.294. The van der Waals surface area contributed by atoms with Crippen molar-refractivity contribution in [1.29, 1.82) is 0 Å². The van der Waals surface area contributed by atoms with E-state index in [1.54, 1.807) is 0 Å². The standard InChI is InChI=1S/C17H21NO/c1-13-7-8-15(14(2)9-13)10-18-11-16-5-3-4-6-17(16)12-19/h3-9,18-19H,10-12H2,1-2H3. The molecular formula is C17H21NO. The Bertz CT molecular complexity index is 549. The van der Waals surface area contributed by atoms with Crippen molar-refractivity contribution in [2.75, 3.05) is 0 Å². The zero-order valence-corrected chi connectivity index (χ0v) is 11.6. The second kappa shape index (κ2) is 6.50. The van der Waals surface area contributed by atoms with Crippen LogP contribution >= 0.6 is 0 Å². The van der Waals surface area contributed by atoms with Crippen molar-refractivity contribution in [3.05, 3.63) is 70.3 Å². The van der Waals surface area contributed by atoms with E-state index >= 15 is 0 Å². The third kappa shape index (κ3) is 3.66. The summed E-state index contributed by atoms with van der Waals surface area (Å²) in [5, 5.41) is 12.7. The molecule has 0 atom stereocenters. The van der Waals surface area contributed by atoms with E-state index in [1.165, 1.54) is 16.7 Å². The van der Waals surface area contributed by atoms with Crippen molar-refractivity contribution in [1.82, 2.24) is 5.32 Å². The van der Waals surface area contributed by atoms with Crippen molar-refractivity contribution in [3.8, 4) is 0 Å². The lowest BCUT2D eigenvalue weighted by atomic mass is 10.1. The Morgan fingerprint density at radius 3 is 2.26 bits per heavy atom. The van der Waals surface area contributed by atoms with Gasteiger partial charge in [-0.05, 0) is 36.1 Å². The van der Waals surface area contributed by atoms with E-state index in [9.17, 15) is 5.11 Å². The molecular weight excluding hydrogens is 234 g/mol. The smallest absolute Gasteiger partial charge is 0.0685 e. The van der Waals surface area contributed by atoms with Gasteiger partial charge in [0.25, 0.3) is 0 Å². The Hall–Kier alpha value is -1.64. The Labute approximate surface area is 115 Å². The quantitative estimate of drug-likeness (QED) is 0.860. The van der Waals surface area contributed by atoms with Crippen LogP contribution in [0.3, 0.4) is 0 Å². The van der Waals surface area contributed by atoms with Crippen LogP contribution in [0, 0.1) is 13.8 Å². The van der Waals surface area contributed by atoms with Gasteiger partial charge in [-0.15, -0.1) is 0 Å². The van der Waals surface area contributed by atoms with E-state index in [-0.39, 0.29) is 6.61 Å². The van der Waals surface area contributed by atoms with E-state index < -0.39 is 0 Å². The maximum Gasteiger partial charge on any atom is 0.0685 e. The molecule has 2 aromatic carbocycles. The van der Waals surface area contributed by atoms with Crippen LogP contribution in [-0.2, 0) is 19.7 Å². The summed E-state index contributed by atoms with van der Waals surface area (Å²) in [5.41, 5.74) is 6.10. The molecule has 0 saturated carbocycles. The summed E-state index contributed by atoms with van der Waals surface area (Å²) in [6, 6.07) is 14.5. The molecule has 0 spiro atoms. The van der Waals surface area contributed by atoms with E-state index in [2.05, 4.69) is 43.4 Å². The molecule has 0 radical (unpaired) electrons. The molecule has 0 bridgehead atoms. The Morgan fingerprint density at radius 2 is 1.58 bits per heavy atom. The first-order valence-corrected chi connectivity index (χ1v) is 6.65. The molecule has 19 heavy (non-hydrogen) atoms. The van der Waals surface area contributed by atoms with E-state index in [1.807, 2.05) is 18.2 Å². The van der Waals surface area contributed by atoms with Crippen LogP contribution in [0.1, 0.15) is 27.8 Å². The monoisotopic (exact) mass is 255 g/mol. The highest BCUT2D eigenvalue weighted by Gasteiger charge is 2.01. The summed E-state index contributed by atoms with van der Waals surface area (Å²) in [7, 11) is 0. The van der Waals surface area contributed by atoms with Crippen LogP contribution in [0.15, 0.2) is 42.5 Å². The lowest BCUT2D eigenvalue weighted by Crippen LogP contribution is -2.14. The molecule has 2 rings (SSSR count). The van der Waals surface area contributed by atoms with Crippen molar-refractivity contribution in [2.45, 2.75) is 33.5 Å². The van der Waals surface area contributed by atoms with Crippen molar-refractivity contribution in [3.63, 3.8) is 0 Å². The van der Waals surface area contributed by atoms with Gasteiger partial charge in [-0.1, -0.05) is 48.0 Å². The molecule has 0 fully saturated rings. The molecule has 0 aliphatic carbocycles. The number of hydrogen-bond donors (Lipinski definition) is 2. The molecule has 0 unspecified atom stereocenters. The van der Waals surface area contributed by atoms with Gasteiger partial charge in [0.15, 0.2) is 0 Å². The van der Waals surface area contributed by atoms with Gasteiger partial charge in [0, 0.05) is 13.1 Å². The van der Waals surface area contributed by atoms with Crippen molar-refractivity contribution in [2.24, 2.45) is 0 Å². The van der Waals surface area contributed by atoms with Crippen LogP contribution in [0.25, 0.3) is 0 Å². The number of aryl methyl sites for hydroxylation is 2. The predicted octanol–water partition coefficient (Wildman–Crippen LogP) is 3.09. The Morgan fingerprint density at radius 1 is 0.895 bits per heavy atom. The molecule has 0 saturated heterocycles. The van der Waals surface area contributed by atoms with Crippen molar-refractivity contribution >= 4 is 0 Å². The number of hydrogen-bond acceptors (Lipinski definition) is 2. The van der Waals surface area contributed by atoms with E-state index in [4.69, 9.17) is 0 Å². The van der Waals surface area contributed by atoms with Crippen LogP contribution in [0.4, 0.5) is 0 Å². The third-order valence-electron chi connectivity index (χ3n) is 3.42. The minimum Gasteiger partial charge on any atom is -0.392 e. The maximum atomic E-state index is 9.28. The highest BCUT2D eigenvalue weighted by atomic mass is 16.3. The second-order valence-electron chi connectivity index (χ2n) is 4.96. The SMILES string of the molecule is Cc1ccc(CNCc2ccccc2CO)c(C)c1. The summed E-state index contributed by atoms with van der Waals surface area (Å²) < 4.78 is 0. The summed E-state index contributed by atoms with van der Waals surface area (Å²) in [6.07, 6.45) is 0. The molecule has 100 valence electrons. The topological polar surface area (TPSA) is 32.3 Å². The Kier molecular flexibility index (Phi) is 4.72. The fourth-order valence-electron chi connectivity index (χ4n) is 2.26. The zero-order chi connectivity index (χ0) is 13.7. The van der Waals surface area contributed by atoms with Gasteiger partial charge in [0.2, 0.25) is 0 Å². The van der Waals surface area contributed by atoms with Gasteiger partial charge in [-0.25, -0.2) is 0 Å². The minimum atomic E-state index is 0.0986. The molecule has 0 aromatic heterocycles. The van der Waals surface area contributed by atoms with Gasteiger partial charge in [-0.2, -0.15) is 0 Å². The van der Waals surface area contributed by atoms with Gasteiger partial charge >= 0.3 is 0 Å². The number of aliphatic hydroxyl groups is 1. The van der Waals surface area contributed by atoms with Gasteiger partial charge < -0.3 is 10.4 Å². The lowest BCUT2D eigenvalue weighted by molar-refractivity contribution is 0.280. The molecule has 0 heterocycles. The highest BCUT2D eigenvalue weighted by molar-refractivity contribution is 5.30. The van der Waals surface area contributed by atoms with Crippen LogP contribution in [-0.4, -0.2) is 5.11 Å². The number of aliphatic hydroxyl groups excluding tert-OH is 1. The van der Waals surface area contributed by atoms with Gasteiger partial charge in [-0.3, -0.25) is 0 Å². The molecule has 0 aliphatic rings. The summed E-state index contributed by atoms with van der Waals surface area (Å²) in [5.74, 6) is 0. The van der Waals surface area contributed by atoms with Crippen molar-refractivity contribution < 1.29 is 5.11 Å². The first-order chi connectivity index (χ1) is 9.20. The van der Waals surface area contributed by atoms with Crippen LogP contribution in [0.2, 0.25) is 0 Å². The minimum absolute atomic E-state index is 0.0986. The first-order valence-electron chi connectivity index (χ1n) is 6.65. The fourth-order valence-corrected chi connectivity index (χ4v) is 2.26. The molecule has 2 aromatic rings. The second-order valence-corrected chi connectivity index (χ2v) is 4.96. The number of benzene rings is 2. The van der Waals surface area contributed by atoms with E-state index in [0.29, 0.717) is 0 Å².